The molecule has 0 aliphatic rings. The van der Waals surface area contributed by atoms with Crippen LogP contribution >= 0.6 is 8.25 Å². The second-order valence-corrected chi connectivity index (χ2v) is 2.58. The van der Waals surface area contributed by atoms with Gasteiger partial charge >= 0.3 is 14.6 Å². The van der Waals surface area contributed by atoms with Gasteiger partial charge in [-0.05, 0) is 6.42 Å². The monoisotopic (exact) mass is 208 g/mol. The molecule has 1 unspecified atom stereocenters. The molecule has 0 radical (unpaired) electrons. The lowest BCUT2D eigenvalue weighted by atomic mass is 10.5. The molecule has 0 bridgehead atoms. The predicted molar refractivity (Wildman–Crippen MR) is 33.8 cm³/mol. The first-order chi connectivity index (χ1) is 5.42. The molecular formula is C4H8F3O4P. The number of hydrogen-bond acceptors (Lipinski definition) is 3. The lowest BCUT2D eigenvalue weighted by Gasteiger charge is -2.06. The molecule has 0 amide bonds. The van der Waals surface area contributed by atoms with Crippen molar-refractivity contribution in [2.75, 3.05) is 13.2 Å². The largest absolute Gasteiger partial charge is 0.522 e. The van der Waals surface area contributed by atoms with Gasteiger partial charge in [-0.25, -0.2) is 0 Å². The average molecular weight is 208 g/mol. The number of halogens is 3. The van der Waals surface area contributed by atoms with Crippen molar-refractivity contribution in [3.8, 4) is 0 Å². The molecule has 1 N–H and O–H groups in total. The molecule has 0 rings (SSSR count). The first-order valence-corrected chi connectivity index (χ1v) is 4.24. The van der Waals surface area contributed by atoms with Crippen molar-refractivity contribution in [1.29, 1.82) is 0 Å². The molecule has 0 aliphatic heterocycles. The van der Waals surface area contributed by atoms with Crippen LogP contribution in [-0.4, -0.2) is 24.5 Å². The van der Waals surface area contributed by atoms with Gasteiger partial charge in [-0.2, -0.15) is 0 Å². The van der Waals surface area contributed by atoms with Gasteiger partial charge in [0.25, 0.3) is 0 Å². The molecule has 0 spiro atoms. The summed E-state index contributed by atoms with van der Waals surface area (Å²) in [6.45, 7) is -0.789. The van der Waals surface area contributed by atoms with E-state index in [1.165, 1.54) is 0 Å². The Balaban J connectivity index is 3.17. The average Bonchev–Trinajstić information content (AvgIpc) is 1.83. The maximum atomic E-state index is 11.3. The third-order valence-electron chi connectivity index (χ3n) is 0.780. The molecule has 0 saturated heterocycles. The smallest absolute Gasteiger partial charge is 0.326 e. The summed E-state index contributed by atoms with van der Waals surface area (Å²) in [6.07, 6.45) is -4.72. The summed E-state index contributed by atoms with van der Waals surface area (Å²) in [5.41, 5.74) is 0. The molecule has 12 heavy (non-hydrogen) atoms. The molecule has 0 aromatic rings. The number of rotatable bonds is 5. The fourth-order valence-corrected chi connectivity index (χ4v) is 0.725. The molecule has 0 aromatic carbocycles. The third-order valence-corrected chi connectivity index (χ3v) is 1.23. The Labute approximate surface area is 67.2 Å². The minimum atomic E-state index is -4.65. The van der Waals surface area contributed by atoms with Gasteiger partial charge in [0.1, 0.15) is 0 Å². The van der Waals surface area contributed by atoms with Crippen LogP contribution in [0, 0.1) is 0 Å². The summed E-state index contributed by atoms with van der Waals surface area (Å²) in [5, 5.41) is 0. The van der Waals surface area contributed by atoms with Crippen molar-refractivity contribution in [3.05, 3.63) is 0 Å². The molecule has 0 heterocycles. The van der Waals surface area contributed by atoms with Crippen LogP contribution in [0.1, 0.15) is 6.42 Å². The highest BCUT2D eigenvalue weighted by Crippen LogP contribution is 2.17. The second kappa shape index (κ2) is 5.53. The molecule has 74 valence electrons. The van der Waals surface area contributed by atoms with Crippen LogP contribution in [0.15, 0.2) is 0 Å². The summed E-state index contributed by atoms with van der Waals surface area (Å²) in [5.74, 6) is 0. The Morgan fingerprint density at radius 2 is 1.92 bits per heavy atom. The van der Waals surface area contributed by atoms with E-state index in [0.29, 0.717) is 0 Å². The van der Waals surface area contributed by atoms with Crippen LogP contribution in [-0.2, 0) is 13.8 Å². The number of ether oxygens (including phenoxy) is 1. The van der Waals surface area contributed by atoms with Crippen LogP contribution < -0.4 is 0 Å². The zero-order valence-electron chi connectivity index (χ0n) is 5.93. The highest BCUT2D eigenvalue weighted by molar-refractivity contribution is 7.32. The topological polar surface area (TPSA) is 55.8 Å². The van der Waals surface area contributed by atoms with E-state index >= 15 is 0 Å². The van der Waals surface area contributed by atoms with E-state index in [-0.39, 0.29) is 13.0 Å². The summed E-state index contributed by atoms with van der Waals surface area (Å²) < 4.78 is 51.2. The third kappa shape index (κ3) is 9.90. The van der Waals surface area contributed by atoms with E-state index in [1.807, 2.05) is 0 Å². The zero-order valence-corrected chi connectivity index (χ0v) is 6.93. The Hall–Kier alpha value is -0.100. The van der Waals surface area contributed by atoms with E-state index in [0.717, 1.165) is 0 Å². The molecular weight excluding hydrogens is 200 g/mol. The summed E-state index contributed by atoms with van der Waals surface area (Å²) in [7, 11) is -3.04. The van der Waals surface area contributed by atoms with Gasteiger partial charge in [0.05, 0.1) is 13.2 Å². The Morgan fingerprint density at radius 1 is 1.33 bits per heavy atom. The van der Waals surface area contributed by atoms with Crippen molar-refractivity contribution >= 4 is 8.25 Å². The maximum Gasteiger partial charge on any atom is 0.522 e. The standard InChI is InChI=1S/C4H8F3O4P/c5-4(6,7)10-2-1-3-11-12(8)9/h12H,1-3H2,(H,8,9). The van der Waals surface area contributed by atoms with Gasteiger partial charge in [0.2, 0.25) is 0 Å². The maximum absolute atomic E-state index is 11.3. The molecule has 0 aliphatic carbocycles. The summed E-state index contributed by atoms with van der Waals surface area (Å²) >= 11 is 0. The van der Waals surface area contributed by atoms with E-state index in [9.17, 15) is 17.7 Å². The first-order valence-electron chi connectivity index (χ1n) is 2.98. The van der Waals surface area contributed by atoms with Gasteiger partial charge in [-0.3, -0.25) is 9.30 Å². The molecule has 0 saturated carbocycles. The minimum absolute atomic E-state index is 0.0729. The van der Waals surface area contributed by atoms with Crippen LogP contribution in [0.4, 0.5) is 13.2 Å². The van der Waals surface area contributed by atoms with E-state index in [1.54, 1.807) is 0 Å². The van der Waals surface area contributed by atoms with E-state index in [4.69, 9.17) is 4.89 Å². The summed E-state index contributed by atoms with van der Waals surface area (Å²) in [4.78, 5) is 8.07. The molecule has 4 nitrogen and oxygen atoms in total. The van der Waals surface area contributed by atoms with Gasteiger partial charge < -0.3 is 9.42 Å². The summed E-state index contributed by atoms with van der Waals surface area (Å²) in [6, 6.07) is 0. The second-order valence-electron chi connectivity index (χ2n) is 1.76. The van der Waals surface area contributed by atoms with Gasteiger partial charge in [0, 0.05) is 0 Å². The van der Waals surface area contributed by atoms with Crippen molar-refractivity contribution in [2.24, 2.45) is 0 Å². The fourth-order valence-electron chi connectivity index (χ4n) is 0.406. The minimum Gasteiger partial charge on any atom is -0.326 e. The highest BCUT2D eigenvalue weighted by atomic mass is 31.1. The molecule has 0 aromatic heterocycles. The lowest BCUT2D eigenvalue weighted by Crippen LogP contribution is -2.14. The van der Waals surface area contributed by atoms with E-state index < -0.39 is 21.2 Å². The van der Waals surface area contributed by atoms with Crippen LogP contribution in [0.3, 0.4) is 0 Å². The molecule has 8 heteroatoms. The van der Waals surface area contributed by atoms with Crippen molar-refractivity contribution < 1.29 is 31.9 Å². The first kappa shape index (κ1) is 11.9. The van der Waals surface area contributed by atoms with Crippen LogP contribution in [0.2, 0.25) is 0 Å². The zero-order chi connectivity index (χ0) is 9.61. The Bertz CT molecular complexity index is 148. The van der Waals surface area contributed by atoms with Crippen molar-refractivity contribution in [1.82, 2.24) is 0 Å². The van der Waals surface area contributed by atoms with Crippen molar-refractivity contribution in [3.63, 3.8) is 0 Å². The lowest BCUT2D eigenvalue weighted by molar-refractivity contribution is -0.324. The molecule has 1 atom stereocenters. The van der Waals surface area contributed by atoms with E-state index in [2.05, 4.69) is 9.26 Å². The highest BCUT2D eigenvalue weighted by Gasteiger charge is 2.28. The van der Waals surface area contributed by atoms with Gasteiger partial charge in [-0.15, -0.1) is 13.2 Å². The van der Waals surface area contributed by atoms with Gasteiger partial charge in [0.15, 0.2) is 0 Å². The SMILES string of the molecule is O=[PH](O)OCCCOC(F)(F)F. The quantitative estimate of drug-likeness (QED) is 0.546. The van der Waals surface area contributed by atoms with Crippen molar-refractivity contribution in [2.45, 2.75) is 12.8 Å². The Kier molecular flexibility index (Phi) is 5.48. The number of hydrogen-bond donors (Lipinski definition) is 1. The van der Waals surface area contributed by atoms with Gasteiger partial charge in [-0.1, -0.05) is 0 Å². The van der Waals surface area contributed by atoms with Crippen LogP contribution in [0.5, 0.6) is 0 Å². The molecule has 0 fully saturated rings. The fraction of sp³-hybridized carbons (Fsp3) is 1.00. The van der Waals surface area contributed by atoms with Crippen LogP contribution in [0.25, 0.3) is 0 Å². The Morgan fingerprint density at radius 3 is 2.33 bits per heavy atom. The number of alkyl halides is 3. The normalized spacial score (nSPS) is 14.7. The predicted octanol–water partition coefficient (Wildman–Crippen LogP) is 1.31.